The van der Waals surface area contributed by atoms with Gasteiger partial charge in [-0.25, -0.2) is 4.98 Å². The third-order valence-electron chi connectivity index (χ3n) is 8.94. The van der Waals surface area contributed by atoms with Gasteiger partial charge in [0.2, 0.25) is 5.71 Å². The molecule has 0 aliphatic heterocycles. The van der Waals surface area contributed by atoms with Crippen molar-refractivity contribution in [3.8, 4) is 33.8 Å². The van der Waals surface area contributed by atoms with Gasteiger partial charge in [0.25, 0.3) is 0 Å². The Labute approximate surface area is 341 Å². The fraction of sp³-hybridized carbons (Fsp3) is 0.298. The summed E-state index contributed by atoms with van der Waals surface area (Å²) in [6, 6.07) is 31.7. The molecular formula is C47H51GeIrN3O-2. The Morgan fingerprint density at radius 3 is 2.21 bits per heavy atom. The van der Waals surface area contributed by atoms with Crippen LogP contribution < -0.4 is 4.40 Å². The first-order chi connectivity index (χ1) is 26.9. The molecule has 0 saturated carbocycles. The zero-order valence-electron chi connectivity index (χ0n) is 38.2. The summed E-state index contributed by atoms with van der Waals surface area (Å²) in [5.41, 5.74) is 8.21. The summed E-state index contributed by atoms with van der Waals surface area (Å²) in [7, 11) is 0. The molecule has 0 bridgehead atoms. The topological polar surface area (TPSA) is 51.8 Å². The molecular weight excluding hydrogens is 887 g/mol. The second kappa shape index (κ2) is 16.2. The van der Waals surface area contributed by atoms with Gasteiger partial charge in [-0.1, -0.05) is 61.5 Å². The number of nitrogens with zero attached hydrogens (tertiary/aromatic N) is 3. The molecule has 4 aromatic heterocycles. The standard InChI is InChI=1S/C30H29N2O.C17H22GeN.Ir/c1-18-9-7-10-19(2)27(18)25-14-13-23-22-11-8-12-24(28(22)33-29(23)32-25)26-15-21(16-30(4,5)6)20(3)17-31-26;1-13(2)15-11-17(14-9-7-6-8-10-14)19-12-16(15)18(3,4)5;/h7-11,13-15,17H,16H2,1-6H3;6-9,11-13H,1-5H3;/q2*-1;/i3D3,16D2;13D;. The van der Waals surface area contributed by atoms with Crippen LogP contribution in [0.15, 0.2) is 95.7 Å². The number of aryl methyl sites for hydroxylation is 3. The van der Waals surface area contributed by atoms with Crippen LogP contribution in [0.1, 0.15) is 76.6 Å². The van der Waals surface area contributed by atoms with Gasteiger partial charge in [0.1, 0.15) is 0 Å². The minimum absolute atomic E-state index is 0. The minimum Gasteiger partial charge on any atom is -0.486 e. The average Bonchev–Trinajstić information content (AvgIpc) is 3.51. The molecule has 0 aliphatic carbocycles. The van der Waals surface area contributed by atoms with Crippen LogP contribution in [0.3, 0.4) is 0 Å². The molecule has 0 atom stereocenters. The van der Waals surface area contributed by atoms with Gasteiger partial charge in [-0.15, -0.1) is 18.2 Å². The molecule has 1 radical (unpaired) electrons. The molecule has 0 unspecified atom stereocenters. The van der Waals surface area contributed by atoms with E-state index in [0.29, 0.717) is 22.6 Å². The molecule has 0 fully saturated rings. The van der Waals surface area contributed by atoms with E-state index in [2.05, 4.69) is 71.4 Å². The van der Waals surface area contributed by atoms with Crippen molar-refractivity contribution in [2.45, 2.75) is 84.9 Å². The number of benzene rings is 3. The monoisotopic (exact) mass is 946 g/mol. The fourth-order valence-corrected chi connectivity index (χ4v) is 9.76. The molecule has 0 spiro atoms. The van der Waals surface area contributed by atoms with Gasteiger partial charge < -0.3 is 9.40 Å². The van der Waals surface area contributed by atoms with E-state index in [1.807, 2.05) is 68.6 Å². The van der Waals surface area contributed by atoms with Crippen LogP contribution in [-0.2, 0) is 26.5 Å². The van der Waals surface area contributed by atoms with E-state index in [9.17, 15) is 0 Å². The van der Waals surface area contributed by atoms with E-state index in [1.165, 1.54) is 16.7 Å². The number of hydrogen-bond donors (Lipinski definition) is 0. The quantitative estimate of drug-likeness (QED) is 0.123. The van der Waals surface area contributed by atoms with Crippen molar-refractivity contribution in [1.29, 1.82) is 0 Å². The third-order valence-corrected chi connectivity index (χ3v) is 13.2. The number of furan rings is 1. The molecule has 0 saturated heterocycles. The van der Waals surface area contributed by atoms with Crippen molar-refractivity contribution in [3.63, 3.8) is 0 Å². The second-order valence-corrected chi connectivity index (χ2v) is 26.2. The van der Waals surface area contributed by atoms with E-state index in [4.69, 9.17) is 17.6 Å². The van der Waals surface area contributed by atoms with E-state index in [-0.39, 0.29) is 31.2 Å². The molecule has 3 aromatic carbocycles. The average molecular weight is 945 g/mol. The Bertz CT molecular complexity index is 2600. The van der Waals surface area contributed by atoms with E-state index in [1.54, 1.807) is 26.8 Å². The van der Waals surface area contributed by atoms with Gasteiger partial charge in [0, 0.05) is 44.1 Å². The van der Waals surface area contributed by atoms with Gasteiger partial charge in [0.05, 0.1) is 11.3 Å². The van der Waals surface area contributed by atoms with Crippen molar-refractivity contribution in [2.24, 2.45) is 5.41 Å². The van der Waals surface area contributed by atoms with Crippen molar-refractivity contribution >= 4 is 39.7 Å². The van der Waals surface area contributed by atoms with Crippen LogP contribution in [-0.4, -0.2) is 28.2 Å². The summed E-state index contributed by atoms with van der Waals surface area (Å²) in [5.74, 6) is 6.45. The van der Waals surface area contributed by atoms with Gasteiger partial charge in [-0.2, -0.15) is 0 Å². The number of hydrogen-bond acceptors (Lipinski definition) is 4. The van der Waals surface area contributed by atoms with Crippen LogP contribution in [0.4, 0.5) is 0 Å². The first-order valence-corrected chi connectivity index (χ1v) is 25.0. The molecule has 7 rings (SSSR count). The van der Waals surface area contributed by atoms with Gasteiger partial charge in [-0.3, -0.25) is 0 Å². The van der Waals surface area contributed by atoms with Gasteiger partial charge in [-0.05, 0) is 67.0 Å². The van der Waals surface area contributed by atoms with Crippen molar-refractivity contribution in [1.82, 2.24) is 15.0 Å². The molecule has 0 N–H and O–H groups in total. The summed E-state index contributed by atoms with van der Waals surface area (Å²) in [5, 5.41) is 1.67. The summed E-state index contributed by atoms with van der Waals surface area (Å²) in [6.45, 7) is 10.8. The number of fused-ring (bicyclic) bond motifs is 3. The Hall–Kier alpha value is -3.90. The number of rotatable bonds is 6. The second-order valence-electron chi connectivity index (χ2n) is 15.6. The van der Waals surface area contributed by atoms with Crippen LogP contribution in [0, 0.1) is 38.2 Å². The van der Waals surface area contributed by atoms with Crippen LogP contribution >= 0.6 is 0 Å². The van der Waals surface area contributed by atoms with Crippen LogP contribution in [0.2, 0.25) is 17.3 Å². The normalized spacial score (nSPS) is 14.2. The predicted octanol–water partition coefficient (Wildman–Crippen LogP) is 12.2. The Balaban J connectivity index is 0.000000267. The van der Waals surface area contributed by atoms with Crippen molar-refractivity contribution in [3.05, 3.63) is 131 Å². The smallest absolute Gasteiger partial charge is 0.216 e. The zero-order chi connectivity index (χ0) is 42.6. The fourth-order valence-electron chi connectivity index (χ4n) is 6.44. The molecule has 4 heterocycles. The zero-order valence-corrected chi connectivity index (χ0v) is 36.7. The SMILES string of the molecule is [2H]C(C)(C)c1cc(-c2[c-]cccc2)nc[c]1[Ge]([CH3])([CH3])[CH3].[2H]C([2H])([2H])c1cnc(-c2[c-]ccc3c2oc2nc(-c4c(C)cccc4C)ccc23)cc1C([2H])([2H])C(C)(C)C.[Ir]. The summed E-state index contributed by atoms with van der Waals surface area (Å²) in [6.07, 6.45) is 1.33. The summed E-state index contributed by atoms with van der Waals surface area (Å²) in [4.78, 5) is 13.9. The largest absolute Gasteiger partial charge is 0.486 e. The van der Waals surface area contributed by atoms with Crippen LogP contribution in [0.5, 0.6) is 0 Å². The maximum Gasteiger partial charge on any atom is 0.216 e. The third kappa shape index (κ3) is 9.08. The molecule has 0 amide bonds. The molecule has 7 aromatic rings. The van der Waals surface area contributed by atoms with Gasteiger partial charge >= 0.3 is 120 Å². The molecule has 53 heavy (non-hydrogen) atoms. The Kier molecular flexibility index (Phi) is 9.96. The minimum atomic E-state index is -2.51. The first-order valence-electron chi connectivity index (χ1n) is 20.7. The Morgan fingerprint density at radius 2 is 1.57 bits per heavy atom. The number of aromatic nitrogens is 3. The van der Waals surface area contributed by atoms with E-state index in [0.717, 1.165) is 50.0 Å². The maximum atomic E-state index is 8.83. The van der Waals surface area contributed by atoms with E-state index >= 15 is 0 Å². The van der Waals surface area contributed by atoms with Crippen molar-refractivity contribution in [2.75, 3.05) is 0 Å². The molecule has 275 valence electrons. The number of pyridine rings is 3. The van der Waals surface area contributed by atoms with Crippen molar-refractivity contribution < 1.29 is 32.7 Å². The van der Waals surface area contributed by atoms with E-state index < -0.39 is 37.8 Å². The van der Waals surface area contributed by atoms with Crippen LogP contribution in [0.25, 0.3) is 55.8 Å². The summed E-state index contributed by atoms with van der Waals surface area (Å²) < 4.78 is 57.7. The van der Waals surface area contributed by atoms with Gasteiger partial charge in [0.15, 0.2) is 0 Å². The Morgan fingerprint density at radius 1 is 0.830 bits per heavy atom. The first kappa shape index (κ1) is 32.5. The molecule has 4 nitrogen and oxygen atoms in total. The summed E-state index contributed by atoms with van der Waals surface area (Å²) >= 11 is -2.03. The predicted molar refractivity (Wildman–Crippen MR) is 222 cm³/mol. The maximum absolute atomic E-state index is 8.83. The molecule has 0 aliphatic rings. The molecule has 6 heteroatoms.